The average molecular weight is 865 g/mol. The van der Waals surface area contributed by atoms with Crippen LogP contribution < -0.4 is 10.2 Å². The Hall–Kier alpha value is -1.54. The number of hydrogen-bond donors (Lipinski definition) is 2. The molecule has 9 heteroatoms. The average Bonchev–Trinajstić information content (AvgIpc) is 3.20. The molecule has 0 saturated carbocycles. The number of nitrogens with zero attached hydrogens (tertiary/aromatic N) is 1. The zero-order valence-corrected chi connectivity index (χ0v) is 40.8. The van der Waals surface area contributed by atoms with Gasteiger partial charge in [0.15, 0.2) is 0 Å². The molecule has 1 amide bonds. The molecule has 60 heavy (non-hydrogen) atoms. The smallest absolute Gasteiger partial charge is 0.268 e. The zero-order valence-electron chi connectivity index (χ0n) is 39.9. The molecule has 0 saturated heterocycles. The van der Waals surface area contributed by atoms with Crippen molar-refractivity contribution in [2.45, 2.75) is 231 Å². The molecule has 0 bridgehead atoms. The number of phosphoric acid groups is 1. The molecule has 3 atom stereocenters. The summed E-state index contributed by atoms with van der Waals surface area (Å²) in [5.74, 6) is -0.205. The van der Waals surface area contributed by atoms with E-state index in [9.17, 15) is 19.4 Å². The maximum Gasteiger partial charge on any atom is 0.268 e. The van der Waals surface area contributed by atoms with Crippen molar-refractivity contribution in [3.05, 3.63) is 48.6 Å². The minimum absolute atomic E-state index is 0.00262. The maximum atomic E-state index is 12.9. The summed E-state index contributed by atoms with van der Waals surface area (Å²) in [5, 5.41) is 13.9. The van der Waals surface area contributed by atoms with Gasteiger partial charge in [-0.2, -0.15) is 0 Å². The molecule has 2 N–H and O–H groups in total. The van der Waals surface area contributed by atoms with E-state index < -0.39 is 20.0 Å². The second-order valence-electron chi connectivity index (χ2n) is 18.1. The number of allylic oxidation sites excluding steroid dienone is 8. The first kappa shape index (κ1) is 58.5. The number of carbonyl (C=O) groups excluding carboxylic acids is 1. The van der Waals surface area contributed by atoms with Crippen molar-refractivity contribution in [1.82, 2.24) is 5.32 Å². The highest BCUT2D eigenvalue weighted by Gasteiger charge is 2.24. The minimum Gasteiger partial charge on any atom is -0.756 e. The van der Waals surface area contributed by atoms with Crippen molar-refractivity contribution < 1.29 is 32.9 Å². The summed E-state index contributed by atoms with van der Waals surface area (Å²) in [4.78, 5) is 25.4. The fourth-order valence-corrected chi connectivity index (χ4v) is 7.87. The molecule has 0 aliphatic rings. The summed E-state index contributed by atoms with van der Waals surface area (Å²) >= 11 is 0. The van der Waals surface area contributed by atoms with Crippen LogP contribution in [0.5, 0.6) is 0 Å². The summed E-state index contributed by atoms with van der Waals surface area (Å²) in [6.07, 6.45) is 54.2. The molecule has 0 aromatic carbocycles. The van der Waals surface area contributed by atoms with E-state index in [-0.39, 0.29) is 19.1 Å². The summed E-state index contributed by atoms with van der Waals surface area (Å²) in [6, 6.07) is -0.823. The van der Waals surface area contributed by atoms with Crippen LogP contribution in [0.15, 0.2) is 48.6 Å². The fourth-order valence-electron chi connectivity index (χ4n) is 7.15. The highest BCUT2D eigenvalue weighted by molar-refractivity contribution is 7.45. The van der Waals surface area contributed by atoms with Crippen molar-refractivity contribution in [1.29, 1.82) is 0 Å². The third-order valence-electron chi connectivity index (χ3n) is 11.1. The van der Waals surface area contributed by atoms with Gasteiger partial charge in [0.2, 0.25) is 5.91 Å². The third kappa shape index (κ3) is 44.5. The quantitative estimate of drug-likeness (QED) is 0.0273. The highest BCUT2D eigenvalue weighted by Crippen LogP contribution is 2.38. The summed E-state index contributed by atoms with van der Waals surface area (Å²) in [7, 11) is 1.27. The number of aliphatic hydroxyl groups is 1. The van der Waals surface area contributed by atoms with Crippen molar-refractivity contribution >= 4 is 13.7 Å². The number of phosphoric ester groups is 1. The molecular weight excluding hydrogens is 768 g/mol. The van der Waals surface area contributed by atoms with Gasteiger partial charge in [-0.25, -0.2) is 0 Å². The van der Waals surface area contributed by atoms with E-state index in [1.165, 1.54) is 128 Å². The fraction of sp³-hybridized carbons (Fsp3) is 0.824. The number of rotatable bonds is 45. The lowest BCUT2D eigenvalue weighted by Gasteiger charge is -2.30. The Morgan fingerprint density at radius 2 is 1.02 bits per heavy atom. The predicted octanol–water partition coefficient (Wildman–Crippen LogP) is 13.8. The molecule has 0 aliphatic carbocycles. The van der Waals surface area contributed by atoms with Gasteiger partial charge in [-0.15, -0.1) is 0 Å². The molecule has 0 aromatic heterocycles. The lowest BCUT2D eigenvalue weighted by atomic mass is 10.0. The van der Waals surface area contributed by atoms with Gasteiger partial charge < -0.3 is 28.8 Å². The van der Waals surface area contributed by atoms with Gasteiger partial charge in [0.25, 0.3) is 7.82 Å². The van der Waals surface area contributed by atoms with E-state index >= 15 is 0 Å². The van der Waals surface area contributed by atoms with E-state index in [0.29, 0.717) is 30.3 Å². The van der Waals surface area contributed by atoms with Crippen LogP contribution in [-0.4, -0.2) is 68.5 Å². The Morgan fingerprint density at radius 3 is 1.45 bits per heavy atom. The lowest BCUT2D eigenvalue weighted by molar-refractivity contribution is -0.870. The molecule has 8 nitrogen and oxygen atoms in total. The molecule has 3 unspecified atom stereocenters. The first-order chi connectivity index (χ1) is 29.0. The molecular formula is C51H97N2O6P. The van der Waals surface area contributed by atoms with Crippen LogP contribution in [0.4, 0.5) is 0 Å². The number of likely N-dealkylation sites (N-methyl/N-ethyl adjacent to an activating group) is 1. The summed E-state index contributed by atoms with van der Waals surface area (Å²) < 4.78 is 23.3. The van der Waals surface area contributed by atoms with Crippen LogP contribution >= 0.6 is 7.82 Å². The van der Waals surface area contributed by atoms with E-state index in [1.807, 2.05) is 21.1 Å². The molecule has 0 aromatic rings. The van der Waals surface area contributed by atoms with Crippen LogP contribution in [0.25, 0.3) is 0 Å². The van der Waals surface area contributed by atoms with Crippen LogP contribution in [0.3, 0.4) is 0 Å². The topological polar surface area (TPSA) is 108 Å². The predicted molar refractivity (Wildman–Crippen MR) is 256 cm³/mol. The Morgan fingerprint density at radius 1 is 0.600 bits per heavy atom. The van der Waals surface area contributed by atoms with E-state index in [2.05, 4.69) is 67.8 Å². The second kappa shape index (κ2) is 42.7. The Balaban J connectivity index is 4.28. The van der Waals surface area contributed by atoms with Gasteiger partial charge in [0, 0.05) is 6.42 Å². The first-order valence-corrected chi connectivity index (χ1v) is 26.4. The Bertz CT molecular complexity index is 1120. The monoisotopic (exact) mass is 865 g/mol. The third-order valence-corrected chi connectivity index (χ3v) is 12.0. The van der Waals surface area contributed by atoms with Crippen molar-refractivity contribution in [2.24, 2.45) is 0 Å². The summed E-state index contributed by atoms with van der Waals surface area (Å²) in [6.45, 7) is 4.58. The van der Waals surface area contributed by atoms with Gasteiger partial charge in [-0.1, -0.05) is 210 Å². The highest BCUT2D eigenvalue weighted by atomic mass is 31.2. The standard InChI is InChI=1S/C51H97N2O6P/c1-6-8-10-12-14-16-18-20-22-23-24-25-26-27-28-29-31-32-34-36-38-40-42-44-50(54)49(48-59-60(56,57)58-47-46-53(3,4)5)52-51(55)45-43-41-39-37-35-33-30-21-19-17-15-13-11-9-7-2/h9,11,15,17,21,30,35,37,49-50,54H,6-8,10,12-14,16,18-20,22-29,31-34,36,38-48H2,1-5H3,(H-,52,55,56,57)/b11-9-,17-15-,30-21-,37-35-. The van der Waals surface area contributed by atoms with Gasteiger partial charge in [0.05, 0.1) is 39.9 Å². The largest absolute Gasteiger partial charge is 0.756 e. The number of unbranched alkanes of at least 4 members (excludes halogenated alkanes) is 24. The molecule has 0 rings (SSSR count). The van der Waals surface area contributed by atoms with Crippen molar-refractivity contribution in [3.63, 3.8) is 0 Å². The number of hydrogen-bond acceptors (Lipinski definition) is 6. The molecule has 0 heterocycles. The number of amides is 1. The molecule has 0 fully saturated rings. The maximum absolute atomic E-state index is 12.9. The van der Waals surface area contributed by atoms with Crippen LogP contribution in [0.2, 0.25) is 0 Å². The number of carbonyl (C=O) groups is 1. The van der Waals surface area contributed by atoms with Crippen molar-refractivity contribution in [2.75, 3.05) is 40.9 Å². The van der Waals surface area contributed by atoms with Crippen LogP contribution in [-0.2, 0) is 18.4 Å². The van der Waals surface area contributed by atoms with E-state index in [1.54, 1.807) is 0 Å². The molecule has 0 radical (unpaired) electrons. The normalized spacial score (nSPS) is 14.6. The number of quaternary nitrogens is 1. The van der Waals surface area contributed by atoms with E-state index in [0.717, 1.165) is 57.8 Å². The second-order valence-corrected chi connectivity index (χ2v) is 19.6. The van der Waals surface area contributed by atoms with Crippen LogP contribution in [0, 0.1) is 0 Å². The van der Waals surface area contributed by atoms with E-state index in [4.69, 9.17) is 9.05 Å². The first-order valence-electron chi connectivity index (χ1n) is 25.0. The Kier molecular flexibility index (Phi) is 41.6. The zero-order chi connectivity index (χ0) is 44.3. The molecule has 0 spiro atoms. The number of nitrogens with one attached hydrogen (secondary N) is 1. The summed E-state index contributed by atoms with van der Waals surface area (Å²) in [5.41, 5.74) is 0. The van der Waals surface area contributed by atoms with Crippen LogP contribution in [0.1, 0.15) is 219 Å². The van der Waals surface area contributed by atoms with Crippen molar-refractivity contribution in [3.8, 4) is 0 Å². The molecule has 0 aliphatic heterocycles. The number of aliphatic hydroxyl groups excluding tert-OH is 1. The minimum atomic E-state index is -4.58. The van der Waals surface area contributed by atoms with Gasteiger partial charge >= 0.3 is 0 Å². The van der Waals surface area contributed by atoms with Gasteiger partial charge in [-0.05, 0) is 51.4 Å². The lowest BCUT2D eigenvalue weighted by Crippen LogP contribution is -2.46. The van der Waals surface area contributed by atoms with Gasteiger partial charge in [-0.3, -0.25) is 9.36 Å². The van der Waals surface area contributed by atoms with Gasteiger partial charge in [0.1, 0.15) is 13.2 Å². The molecule has 352 valence electrons. The Labute approximate surface area is 371 Å². The SMILES string of the molecule is CC/C=C\C/C=C\C/C=C\C/C=C\CCCCC(=O)NC(COP(=O)([O-])OCC[N+](C)(C)C)C(O)CCCCCCCCCCCCCCCCCCCCCCCCC.